The van der Waals surface area contributed by atoms with Gasteiger partial charge in [0.25, 0.3) is 5.91 Å². The van der Waals surface area contributed by atoms with Gasteiger partial charge in [-0.15, -0.1) is 0 Å². The number of furan rings is 2. The van der Waals surface area contributed by atoms with Crippen LogP contribution in [0.3, 0.4) is 0 Å². The predicted octanol–water partition coefficient (Wildman–Crippen LogP) is 3.72. The Labute approximate surface area is 134 Å². The van der Waals surface area contributed by atoms with Gasteiger partial charge >= 0.3 is 0 Å². The lowest BCUT2D eigenvalue weighted by atomic mass is 10.1. The number of hydrogen-bond acceptors (Lipinski definition) is 4. The molecule has 5 heteroatoms. The van der Waals surface area contributed by atoms with Gasteiger partial charge in [-0.25, -0.2) is 0 Å². The average Bonchev–Trinajstić information content (AvgIpc) is 3.27. The van der Waals surface area contributed by atoms with Crippen molar-refractivity contribution >= 4 is 5.91 Å². The van der Waals surface area contributed by atoms with Gasteiger partial charge in [0.2, 0.25) is 0 Å². The second kappa shape index (κ2) is 6.87. The number of ether oxygens (including phenoxy) is 1. The Morgan fingerprint density at radius 3 is 2.09 bits per heavy atom. The van der Waals surface area contributed by atoms with E-state index in [0.717, 1.165) is 0 Å². The summed E-state index contributed by atoms with van der Waals surface area (Å²) in [6, 6.07) is 14.4. The molecule has 1 aromatic carbocycles. The van der Waals surface area contributed by atoms with Crippen molar-refractivity contribution in [3.63, 3.8) is 0 Å². The van der Waals surface area contributed by atoms with E-state index in [9.17, 15) is 4.79 Å². The van der Waals surface area contributed by atoms with E-state index in [4.69, 9.17) is 13.6 Å². The molecule has 2 heterocycles. The monoisotopic (exact) mass is 311 g/mol. The standard InChI is InChI=1S/C18H17NO4/c1-21-17-9-3-2-8-16(17)18(20)19(12-14-6-4-10-22-14)13-15-7-5-11-23-15/h2-11H,12-13H2,1H3. The van der Waals surface area contributed by atoms with Crippen molar-refractivity contribution in [3.05, 3.63) is 78.1 Å². The molecule has 0 saturated heterocycles. The normalized spacial score (nSPS) is 10.5. The highest BCUT2D eigenvalue weighted by atomic mass is 16.5. The molecule has 1 amide bonds. The van der Waals surface area contributed by atoms with Crippen LogP contribution in [0.15, 0.2) is 69.9 Å². The Bertz CT molecular complexity index is 711. The van der Waals surface area contributed by atoms with Gasteiger partial charge in [-0.1, -0.05) is 12.1 Å². The molecule has 118 valence electrons. The van der Waals surface area contributed by atoms with Gasteiger partial charge < -0.3 is 18.5 Å². The third kappa shape index (κ3) is 3.45. The lowest BCUT2D eigenvalue weighted by Gasteiger charge is -2.21. The lowest BCUT2D eigenvalue weighted by molar-refractivity contribution is 0.0701. The molecule has 3 aromatic rings. The number of carbonyl (C=O) groups excluding carboxylic acids is 1. The molecular weight excluding hydrogens is 294 g/mol. The minimum Gasteiger partial charge on any atom is -0.496 e. The van der Waals surface area contributed by atoms with Crippen LogP contribution in [-0.4, -0.2) is 17.9 Å². The van der Waals surface area contributed by atoms with Crippen LogP contribution in [-0.2, 0) is 13.1 Å². The number of para-hydroxylation sites is 1. The van der Waals surface area contributed by atoms with Crippen molar-refractivity contribution in [2.45, 2.75) is 13.1 Å². The molecule has 0 saturated carbocycles. The molecule has 5 nitrogen and oxygen atoms in total. The van der Waals surface area contributed by atoms with Crippen LogP contribution in [0, 0.1) is 0 Å². The summed E-state index contributed by atoms with van der Waals surface area (Å²) in [7, 11) is 1.55. The summed E-state index contributed by atoms with van der Waals surface area (Å²) in [5.41, 5.74) is 0.508. The largest absolute Gasteiger partial charge is 0.496 e. The number of carbonyl (C=O) groups is 1. The summed E-state index contributed by atoms with van der Waals surface area (Å²) in [4.78, 5) is 14.6. The molecule has 23 heavy (non-hydrogen) atoms. The Kier molecular flexibility index (Phi) is 4.47. The minimum atomic E-state index is -0.143. The molecule has 3 rings (SSSR count). The number of benzene rings is 1. The maximum atomic E-state index is 12.9. The van der Waals surface area contributed by atoms with Gasteiger partial charge in [0.15, 0.2) is 0 Å². The van der Waals surface area contributed by atoms with E-state index in [-0.39, 0.29) is 5.91 Å². The maximum Gasteiger partial charge on any atom is 0.258 e. The maximum absolute atomic E-state index is 12.9. The highest BCUT2D eigenvalue weighted by Gasteiger charge is 2.21. The average molecular weight is 311 g/mol. The van der Waals surface area contributed by atoms with E-state index in [0.29, 0.717) is 35.9 Å². The summed E-state index contributed by atoms with van der Waals surface area (Å²) in [6.45, 7) is 0.704. The minimum absolute atomic E-state index is 0.143. The lowest BCUT2D eigenvalue weighted by Crippen LogP contribution is -2.30. The van der Waals surface area contributed by atoms with Crippen molar-refractivity contribution in [1.82, 2.24) is 4.90 Å². The Morgan fingerprint density at radius 2 is 1.57 bits per heavy atom. The zero-order valence-electron chi connectivity index (χ0n) is 12.8. The zero-order chi connectivity index (χ0) is 16.1. The smallest absolute Gasteiger partial charge is 0.258 e. The first-order chi connectivity index (χ1) is 11.3. The third-order valence-corrected chi connectivity index (χ3v) is 3.48. The SMILES string of the molecule is COc1ccccc1C(=O)N(Cc1ccco1)Cc1ccco1. The van der Waals surface area contributed by atoms with Crippen molar-refractivity contribution in [2.24, 2.45) is 0 Å². The van der Waals surface area contributed by atoms with Crippen LogP contribution in [0.5, 0.6) is 5.75 Å². The van der Waals surface area contributed by atoms with E-state index in [1.54, 1.807) is 48.8 Å². The Morgan fingerprint density at radius 1 is 0.957 bits per heavy atom. The third-order valence-electron chi connectivity index (χ3n) is 3.48. The Hall–Kier alpha value is -2.95. The van der Waals surface area contributed by atoms with Gasteiger partial charge in [0.1, 0.15) is 17.3 Å². The van der Waals surface area contributed by atoms with Gasteiger partial charge in [-0.2, -0.15) is 0 Å². The summed E-state index contributed by atoms with van der Waals surface area (Å²) in [5, 5.41) is 0. The Balaban J connectivity index is 1.88. The van der Waals surface area contributed by atoms with Gasteiger partial charge in [-0.05, 0) is 36.4 Å². The number of methoxy groups -OCH3 is 1. The molecule has 0 spiro atoms. The molecule has 0 N–H and O–H groups in total. The van der Waals surface area contributed by atoms with E-state index in [2.05, 4.69) is 0 Å². The van der Waals surface area contributed by atoms with Crippen LogP contribution in [0.1, 0.15) is 21.9 Å². The fourth-order valence-corrected chi connectivity index (χ4v) is 2.37. The van der Waals surface area contributed by atoms with Gasteiger partial charge in [0.05, 0.1) is 38.3 Å². The van der Waals surface area contributed by atoms with Crippen molar-refractivity contribution in [3.8, 4) is 5.75 Å². The highest BCUT2D eigenvalue weighted by Crippen LogP contribution is 2.22. The molecule has 0 atom stereocenters. The fraction of sp³-hybridized carbons (Fsp3) is 0.167. The topological polar surface area (TPSA) is 55.8 Å². The second-order valence-electron chi connectivity index (χ2n) is 5.02. The van der Waals surface area contributed by atoms with E-state index >= 15 is 0 Å². The van der Waals surface area contributed by atoms with E-state index < -0.39 is 0 Å². The number of rotatable bonds is 6. The first kappa shape index (κ1) is 15.0. The van der Waals surface area contributed by atoms with Crippen molar-refractivity contribution in [2.75, 3.05) is 7.11 Å². The highest BCUT2D eigenvalue weighted by molar-refractivity contribution is 5.96. The van der Waals surface area contributed by atoms with Crippen LogP contribution in [0.2, 0.25) is 0 Å². The second-order valence-corrected chi connectivity index (χ2v) is 5.02. The van der Waals surface area contributed by atoms with E-state index in [1.165, 1.54) is 0 Å². The van der Waals surface area contributed by atoms with Crippen molar-refractivity contribution < 1.29 is 18.4 Å². The molecule has 2 aromatic heterocycles. The number of nitrogens with zero attached hydrogens (tertiary/aromatic N) is 1. The molecule has 0 unspecified atom stereocenters. The first-order valence-corrected chi connectivity index (χ1v) is 7.25. The first-order valence-electron chi connectivity index (χ1n) is 7.25. The fourth-order valence-electron chi connectivity index (χ4n) is 2.37. The molecule has 0 radical (unpaired) electrons. The summed E-state index contributed by atoms with van der Waals surface area (Å²) in [5.74, 6) is 1.82. The predicted molar refractivity (Wildman–Crippen MR) is 84.0 cm³/mol. The summed E-state index contributed by atoms with van der Waals surface area (Å²) >= 11 is 0. The molecule has 0 aliphatic rings. The van der Waals surface area contributed by atoms with Crippen LogP contribution in [0.25, 0.3) is 0 Å². The number of hydrogen-bond donors (Lipinski definition) is 0. The van der Waals surface area contributed by atoms with Crippen LogP contribution < -0.4 is 4.74 Å². The number of amides is 1. The quantitative estimate of drug-likeness (QED) is 0.696. The molecule has 0 bridgehead atoms. The van der Waals surface area contributed by atoms with Crippen LogP contribution in [0.4, 0.5) is 0 Å². The summed E-state index contributed by atoms with van der Waals surface area (Å²) in [6.07, 6.45) is 3.18. The molecular formula is C18H17NO4. The molecule has 0 fully saturated rings. The van der Waals surface area contributed by atoms with E-state index in [1.807, 2.05) is 24.3 Å². The van der Waals surface area contributed by atoms with Crippen LogP contribution >= 0.6 is 0 Å². The van der Waals surface area contributed by atoms with Gasteiger partial charge in [0, 0.05) is 0 Å². The van der Waals surface area contributed by atoms with Gasteiger partial charge in [-0.3, -0.25) is 4.79 Å². The molecule has 0 aliphatic carbocycles. The zero-order valence-corrected chi connectivity index (χ0v) is 12.8. The molecule has 0 aliphatic heterocycles. The van der Waals surface area contributed by atoms with Crippen molar-refractivity contribution in [1.29, 1.82) is 0 Å². The summed E-state index contributed by atoms with van der Waals surface area (Å²) < 4.78 is 16.0.